The van der Waals surface area contributed by atoms with E-state index in [9.17, 15) is 0 Å². The van der Waals surface area contributed by atoms with Gasteiger partial charge >= 0.3 is 0 Å². The van der Waals surface area contributed by atoms with E-state index in [2.05, 4.69) is 46.3 Å². The van der Waals surface area contributed by atoms with Crippen molar-refractivity contribution in [3.63, 3.8) is 0 Å². The first-order valence-electron chi connectivity index (χ1n) is 8.60. The smallest absolute Gasteiger partial charge is 0.191 e. The molecule has 0 aliphatic carbocycles. The molecule has 1 aliphatic rings. The molecule has 6 nitrogen and oxygen atoms in total. The topological polar surface area (TPSA) is 52.1 Å². The zero-order valence-electron chi connectivity index (χ0n) is 15.3. The normalized spacial score (nSPS) is 18.3. The number of hydrogen-bond acceptors (Lipinski definition) is 4. The van der Waals surface area contributed by atoms with Gasteiger partial charge in [-0.05, 0) is 40.3 Å². The fourth-order valence-electron chi connectivity index (χ4n) is 2.55. The van der Waals surface area contributed by atoms with Crippen LogP contribution in [0.4, 0.5) is 0 Å². The maximum Gasteiger partial charge on any atom is 0.191 e. The van der Waals surface area contributed by atoms with Crippen LogP contribution in [0.1, 0.15) is 26.7 Å². The highest BCUT2D eigenvalue weighted by Crippen LogP contribution is 2.01. The van der Waals surface area contributed by atoms with Crippen molar-refractivity contribution in [3.8, 4) is 0 Å². The lowest BCUT2D eigenvalue weighted by molar-refractivity contribution is 0.152. The third-order valence-corrected chi connectivity index (χ3v) is 3.89. The summed E-state index contributed by atoms with van der Waals surface area (Å²) in [7, 11) is 3.92. The number of unbranched alkanes of at least 4 members (excludes halogenated alkanes) is 1. The van der Waals surface area contributed by atoms with Gasteiger partial charge in [0.25, 0.3) is 0 Å². The number of nitrogens with zero attached hydrogens (tertiary/aromatic N) is 3. The average Bonchev–Trinajstić information content (AvgIpc) is 2.49. The number of halogens is 1. The van der Waals surface area contributed by atoms with Crippen LogP contribution in [0.5, 0.6) is 0 Å². The Morgan fingerprint density at radius 2 is 1.91 bits per heavy atom. The van der Waals surface area contributed by atoms with E-state index in [1.807, 2.05) is 0 Å². The number of likely N-dealkylation sites (N-methyl/N-ethyl adjacent to an activating group) is 1. The van der Waals surface area contributed by atoms with Crippen LogP contribution in [-0.4, -0.2) is 88.4 Å². The fraction of sp³-hybridized carbons (Fsp3) is 0.938. The van der Waals surface area contributed by atoms with Gasteiger partial charge in [-0.15, -0.1) is 24.0 Å². The van der Waals surface area contributed by atoms with Gasteiger partial charge in [-0.25, -0.2) is 0 Å². The minimum atomic E-state index is 0. The summed E-state index contributed by atoms with van der Waals surface area (Å²) in [5.74, 6) is 0.895. The minimum Gasteiger partial charge on any atom is -0.383 e. The van der Waals surface area contributed by atoms with Crippen molar-refractivity contribution in [1.29, 1.82) is 0 Å². The van der Waals surface area contributed by atoms with Crippen molar-refractivity contribution in [3.05, 3.63) is 0 Å². The molecule has 1 saturated heterocycles. The van der Waals surface area contributed by atoms with Gasteiger partial charge in [0, 0.05) is 52.4 Å². The highest BCUT2D eigenvalue weighted by molar-refractivity contribution is 14.0. The molecule has 0 radical (unpaired) electrons. The number of methoxy groups -OCH3 is 1. The third-order valence-electron chi connectivity index (χ3n) is 3.89. The van der Waals surface area contributed by atoms with Gasteiger partial charge in [0.15, 0.2) is 5.96 Å². The summed E-state index contributed by atoms with van der Waals surface area (Å²) in [6, 6.07) is 0.271. The molecule has 1 heterocycles. The largest absolute Gasteiger partial charge is 0.383 e. The molecular formula is C16H36IN5O. The number of ether oxygens (including phenoxy) is 1. The number of hydrogen-bond donors (Lipinski definition) is 2. The zero-order valence-corrected chi connectivity index (χ0v) is 17.6. The van der Waals surface area contributed by atoms with Crippen molar-refractivity contribution in [2.45, 2.75) is 32.7 Å². The number of nitrogens with one attached hydrogen (secondary N) is 2. The van der Waals surface area contributed by atoms with Gasteiger partial charge in [-0.3, -0.25) is 4.99 Å². The van der Waals surface area contributed by atoms with Crippen molar-refractivity contribution in [1.82, 2.24) is 20.4 Å². The van der Waals surface area contributed by atoms with Crippen LogP contribution >= 0.6 is 24.0 Å². The molecule has 1 fully saturated rings. The first-order valence-corrected chi connectivity index (χ1v) is 8.60. The molecule has 138 valence electrons. The molecule has 1 atom stereocenters. The van der Waals surface area contributed by atoms with Crippen molar-refractivity contribution in [2.75, 3.05) is 66.6 Å². The Kier molecular flexibility index (Phi) is 14.2. The lowest BCUT2D eigenvalue weighted by atomic mass is 10.2. The molecule has 0 bridgehead atoms. The Bertz CT molecular complexity index is 309. The molecule has 0 spiro atoms. The van der Waals surface area contributed by atoms with Crippen molar-refractivity contribution < 1.29 is 4.74 Å². The molecule has 0 aromatic heterocycles. The van der Waals surface area contributed by atoms with Crippen LogP contribution in [0.25, 0.3) is 0 Å². The summed E-state index contributed by atoms with van der Waals surface area (Å²) < 4.78 is 5.15. The Morgan fingerprint density at radius 3 is 2.52 bits per heavy atom. The monoisotopic (exact) mass is 441 g/mol. The van der Waals surface area contributed by atoms with E-state index in [4.69, 9.17) is 4.74 Å². The summed E-state index contributed by atoms with van der Waals surface area (Å²) in [6.07, 6.45) is 2.36. The highest BCUT2D eigenvalue weighted by atomic mass is 127. The minimum absolute atomic E-state index is 0. The molecule has 0 amide bonds. The first-order chi connectivity index (χ1) is 10.7. The van der Waals surface area contributed by atoms with Gasteiger partial charge < -0.3 is 25.2 Å². The fourth-order valence-corrected chi connectivity index (χ4v) is 2.55. The molecule has 0 saturated carbocycles. The quantitative estimate of drug-likeness (QED) is 0.244. The maximum absolute atomic E-state index is 5.15. The van der Waals surface area contributed by atoms with Gasteiger partial charge in [0.05, 0.1) is 6.61 Å². The second-order valence-corrected chi connectivity index (χ2v) is 6.11. The third kappa shape index (κ3) is 11.1. The van der Waals surface area contributed by atoms with Crippen LogP contribution in [-0.2, 0) is 4.74 Å². The molecule has 0 aromatic rings. The van der Waals surface area contributed by atoms with Gasteiger partial charge in [0.1, 0.15) is 0 Å². The number of piperazine rings is 1. The van der Waals surface area contributed by atoms with Gasteiger partial charge in [0.2, 0.25) is 0 Å². The van der Waals surface area contributed by atoms with Gasteiger partial charge in [-0.2, -0.15) is 0 Å². The molecule has 1 unspecified atom stereocenters. The first kappa shape index (κ1) is 22.9. The second-order valence-electron chi connectivity index (χ2n) is 6.11. The molecule has 1 aliphatic heterocycles. The van der Waals surface area contributed by atoms with Crippen molar-refractivity contribution in [2.24, 2.45) is 4.99 Å². The predicted molar refractivity (Wildman–Crippen MR) is 109 cm³/mol. The molecule has 0 aromatic carbocycles. The summed E-state index contributed by atoms with van der Waals surface area (Å²) in [5, 5.41) is 6.65. The molecule has 2 N–H and O–H groups in total. The Morgan fingerprint density at radius 1 is 1.22 bits per heavy atom. The standard InChI is InChI=1S/C16H35N5O.HI/c1-5-17-16(19-15(2)14-22-4)18-8-6-7-9-21-12-10-20(3)11-13-21;/h15H,5-14H2,1-4H3,(H2,17,18,19);1H. The average molecular weight is 441 g/mol. The summed E-state index contributed by atoms with van der Waals surface area (Å²) >= 11 is 0. The maximum atomic E-state index is 5.15. The Labute approximate surface area is 159 Å². The lowest BCUT2D eigenvalue weighted by Crippen LogP contribution is -2.44. The van der Waals surface area contributed by atoms with Crippen LogP contribution in [0, 0.1) is 0 Å². The van der Waals surface area contributed by atoms with Crippen molar-refractivity contribution >= 4 is 29.9 Å². The Hall–Kier alpha value is -0.120. The molecular weight excluding hydrogens is 405 g/mol. The van der Waals surface area contributed by atoms with Crippen LogP contribution < -0.4 is 10.6 Å². The second kappa shape index (κ2) is 14.2. The molecule has 7 heteroatoms. The van der Waals surface area contributed by atoms with Crippen LogP contribution in [0.3, 0.4) is 0 Å². The summed E-state index contributed by atoms with van der Waals surface area (Å²) in [5.41, 5.74) is 0. The SMILES string of the molecule is CCNC(=NCCCCN1CCN(C)CC1)NC(C)COC.I. The highest BCUT2D eigenvalue weighted by Gasteiger charge is 2.12. The van der Waals surface area contributed by atoms with E-state index in [-0.39, 0.29) is 30.0 Å². The predicted octanol–water partition coefficient (Wildman–Crippen LogP) is 1.22. The Balaban J connectivity index is 0.00000484. The van der Waals surface area contributed by atoms with Crippen LogP contribution in [0.15, 0.2) is 4.99 Å². The van der Waals surface area contributed by atoms with Gasteiger partial charge in [-0.1, -0.05) is 0 Å². The zero-order chi connectivity index (χ0) is 16.2. The van der Waals surface area contributed by atoms with E-state index < -0.39 is 0 Å². The molecule has 23 heavy (non-hydrogen) atoms. The lowest BCUT2D eigenvalue weighted by Gasteiger charge is -2.32. The summed E-state index contributed by atoms with van der Waals surface area (Å²) in [4.78, 5) is 9.60. The number of rotatable bonds is 9. The molecule has 1 rings (SSSR count). The summed E-state index contributed by atoms with van der Waals surface area (Å²) in [6.45, 7) is 12.6. The van der Waals surface area contributed by atoms with E-state index >= 15 is 0 Å². The number of aliphatic imine (C=N–C) groups is 1. The van der Waals surface area contributed by atoms with E-state index in [0.717, 1.165) is 25.5 Å². The van der Waals surface area contributed by atoms with E-state index in [0.29, 0.717) is 6.61 Å². The van der Waals surface area contributed by atoms with E-state index in [1.54, 1.807) is 7.11 Å². The van der Waals surface area contributed by atoms with Crippen LogP contribution in [0.2, 0.25) is 0 Å². The van der Waals surface area contributed by atoms with E-state index in [1.165, 1.54) is 39.1 Å². The number of guanidine groups is 1.